The number of fused-ring (bicyclic) bond motifs is 1. The van der Waals surface area contributed by atoms with Gasteiger partial charge in [0.15, 0.2) is 0 Å². The van der Waals surface area contributed by atoms with Gasteiger partial charge in [-0.05, 0) is 11.6 Å². The quantitative estimate of drug-likeness (QED) is 0.721. The zero-order valence-corrected chi connectivity index (χ0v) is 10.4. The average Bonchev–Trinajstić information content (AvgIpc) is 2.45. The minimum Gasteiger partial charge on any atom is -0.369 e. The third-order valence-electron chi connectivity index (χ3n) is 3.05. The first-order valence-corrected chi connectivity index (χ1v) is 6.04. The number of carbonyl (C=O) groups excluding carboxylic acids is 2. The summed E-state index contributed by atoms with van der Waals surface area (Å²) in [6, 6.07) is 8.78. The lowest BCUT2D eigenvalue weighted by Crippen LogP contribution is -2.63. The Kier molecular flexibility index (Phi) is 3.05. The van der Waals surface area contributed by atoms with Crippen LogP contribution in [-0.2, 0) is 11.3 Å². The summed E-state index contributed by atoms with van der Waals surface area (Å²) in [7, 11) is 0. The third kappa shape index (κ3) is 2.20. The van der Waals surface area contributed by atoms with Gasteiger partial charge in [0.2, 0.25) is 6.23 Å². The fraction of sp³-hybridized carbons (Fsp3) is 0.154. The van der Waals surface area contributed by atoms with Gasteiger partial charge in [-0.1, -0.05) is 24.3 Å². The molecule has 0 spiro atoms. The summed E-state index contributed by atoms with van der Waals surface area (Å²) in [5.41, 5.74) is 4.01. The van der Waals surface area contributed by atoms with Gasteiger partial charge in [-0.3, -0.25) is 20.1 Å². The van der Waals surface area contributed by atoms with Gasteiger partial charge in [0, 0.05) is 11.6 Å². The van der Waals surface area contributed by atoms with Crippen LogP contribution in [0.25, 0.3) is 10.9 Å². The third-order valence-corrected chi connectivity index (χ3v) is 3.05. The molecule has 7 nitrogen and oxygen atoms in total. The number of benzene rings is 1. The second-order valence-electron chi connectivity index (χ2n) is 4.40. The predicted molar refractivity (Wildman–Crippen MR) is 70.0 cm³/mol. The van der Waals surface area contributed by atoms with E-state index in [2.05, 4.69) is 15.7 Å². The smallest absolute Gasteiger partial charge is 0.338 e. The molecule has 1 fully saturated rings. The molecule has 2 heterocycles. The molecule has 3 amide bonds. The highest BCUT2D eigenvalue weighted by Gasteiger charge is 2.30. The van der Waals surface area contributed by atoms with Crippen LogP contribution in [0.4, 0.5) is 4.79 Å². The van der Waals surface area contributed by atoms with Gasteiger partial charge in [0.05, 0.1) is 12.1 Å². The molecule has 2 aromatic rings. The number of pyridine rings is 1. The zero-order chi connectivity index (χ0) is 14.1. The second kappa shape index (κ2) is 4.87. The molecule has 1 saturated heterocycles. The van der Waals surface area contributed by atoms with Crippen molar-refractivity contribution in [2.24, 2.45) is 0 Å². The van der Waals surface area contributed by atoms with E-state index in [0.717, 1.165) is 21.5 Å². The van der Waals surface area contributed by atoms with Crippen molar-refractivity contribution in [1.29, 1.82) is 0 Å². The maximum atomic E-state index is 11.7. The van der Waals surface area contributed by atoms with Crippen molar-refractivity contribution >= 4 is 22.8 Å². The van der Waals surface area contributed by atoms with Crippen LogP contribution in [0.1, 0.15) is 5.56 Å². The van der Waals surface area contributed by atoms with E-state index in [9.17, 15) is 14.7 Å². The molecule has 0 aliphatic carbocycles. The summed E-state index contributed by atoms with van der Waals surface area (Å²) in [6.45, 7) is 0.185. The molecule has 1 aliphatic heterocycles. The van der Waals surface area contributed by atoms with Crippen LogP contribution in [-0.4, -0.2) is 33.3 Å². The van der Waals surface area contributed by atoms with Gasteiger partial charge in [-0.2, -0.15) is 5.43 Å². The van der Waals surface area contributed by atoms with Crippen LogP contribution < -0.4 is 10.7 Å². The van der Waals surface area contributed by atoms with Crippen LogP contribution >= 0.6 is 0 Å². The fourth-order valence-electron chi connectivity index (χ4n) is 2.09. The van der Waals surface area contributed by atoms with Gasteiger partial charge in [0.1, 0.15) is 0 Å². The number of aliphatic hydroxyl groups is 1. The van der Waals surface area contributed by atoms with E-state index in [-0.39, 0.29) is 6.54 Å². The first kappa shape index (κ1) is 12.5. The van der Waals surface area contributed by atoms with E-state index in [1.165, 1.54) is 0 Å². The average molecular weight is 272 g/mol. The van der Waals surface area contributed by atoms with Crippen LogP contribution in [0.2, 0.25) is 0 Å². The van der Waals surface area contributed by atoms with Crippen LogP contribution in [0, 0.1) is 0 Å². The lowest BCUT2D eigenvalue weighted by molar-refractivity contribution is -0.135. The van der Waals surface area contributed by atoms with Crippen molar-refractivity contribution in [2.75, 3.05) is 0 Å². The Bertz CT molecular complexity index is 683. The molecule has 1 aromatic carbocycles. The first-order chi connectivity index (χ1) is 9.65. The molecule has 102 valence electrons. The van der Waals surface area contributed by atoms with Crippen LogP contribution in [0.15, 0.2) is 36.5 Å². The zero-order valence-electron chi connectivity index (χ0n) is 10.4. The number of carbonyl (C=O) groups is 2. The monoisotopic (exact) mass is 272 g/mol. The summed E-state index contributed by atoms with van der Waals surface area (Å²) < 4.78 is 0. The molecule has 1 unspecified atom stereocenters. The number of urea groups is 1. The van der Waals surface area contributed by atoms with Crippen molar-refractivity contribution in [3.8, 4) is 0 Å². The van der Waals surface area contributed by atoms with Gasteiger partial charge >= 0.3 is 6.03 Å². The number of nitrogens with zero attached hydrogens (tertiary/aromatic N) is 2. The summed E-state index contributed by atoms with van der Waals surface area (Å²) in [5, 5.41) is 13.6. The van der Waals surface area contributed by atoms with Gasteiger partial charge in [-0.15, -0.1) is 0 Å². The number of nitrogens with one attached hydrogen (secondary N) is 2. The number of para-hydroxylation sites is 1. The standard InChI is InChI=1S/C13H12N4O3/c18-11-12(19)16-17(13(20)15-11)7-9-4-1-3-8-5-2-6-14-10(8)9/h1-6,12,16,19H,7H2,(H,15,18,20). The number of hydrogen-bond acceptors (Lipinski definition) is 5. The SMILES string of the molecule is O=C1NC(=O)N(Cc2cccc3cccnc23)NC1O. The highest BCUT2D eigenvalue weighted by molar-refractivity contribution is 5.98. The van der Waals surface area contributed by atoms with Crippen molar-refractivity contribution in [1.82, 2.24) is 20.7 Å². The summed E-state index contributed by atoms with van der Waals surface area (Å²) in [6.07, 6.45) is 0.240. The maximum absolute atomic E-state index is 11.7. The predicted octanol–water partition coefficient (Wildman–Crippen LogP) is 0.110. The molecular weight excluding hydrogens is 260 g/mol. The van der Waals surface area contributed by atoms with E-state index >= 15 is 0 Å². The molecule has 20 heavy (non-hydrogen) atoms. The molecule has 0 bridgehead atoms. The number of hydrazine groups is 1. The Labute approximate surface area is 114 Å². The molecule has 1 aliphatic rings. The molecule has 0 saturated carbocycles. The van der Waals surface area contributed by atoms with E-state index in [0.29, 0.717) is 0 Å². The fourth-order valence-corrected chi connectivity index (χ4v) is 2.09. The van der Waals surface area contributed by atoms with Crippen molar-refractivity contribution in [2.45, 2.75) is 12.8 Å². The topological polar surface area (TPSA) is 94.6 Å². The summed E-state index contributed by atoms with van der Waals surface area (Å²) in [5.74, 6) is -0.762. The molecule has 0 radical (unpaired) electrons. The van der Waals surface area contributed by atoms with Crippen molar-refractivity contribution in [3.05, 3.63) is 42.1 Å². The second-order valence-corrected chi connectivity index (χ2v) is 4.40. The van der Waals surface area contributed by atoms with Crippen LogP contribution in [0.3, 0.4) is 0 Å². The molecule has 3 rings (SSSR count). The molecular formula is C13H12N4O3. The van der Waals surface area contributed by atoms with E-state index < -0.39 is 18.2 Å². The van der Waals surface area contributed by atoms with Gasteiger partial charge < -0.3 is 5.11 Å². The number of imide groups is 1. The Morgan fingerprint density at radius 3 is 2.90 bits per heavy atom. The van der Waals surface area contributed by atoms with E-state index in [1.54, 1.807) is 6.20 Å². The van der Waals surface area contributed by atoms with Crippen LogP contribution in [0.5, 0.6) is 0 Å². The number of amides is 3. The lowest BCUT2D eigenvalue weighted by Gasteiger charge is -2.30. The van der Waals surface area contributed by atoms with Gasteiger partial charge in [-0.25, -0.2) is 4.79 Å². The number of hydrogen-bond donors (Lipinski definition) is 3. The Morgan fingerprint density at radius 2 is 2.05 bits per heavy atom. The Balaban J connectivity index is 1.90. The largest absolute Gasteiger partial charge is 0.369 e. The number of rotatable bonds is 2. The lowest BCUT2D eigenvalue weighted by atomic mass is 10.1. The molecule has 1 atom stereocenters. The Morgan fingerprint density at radius 1 is 1.25 bits per heavy atom. The summed E-state index contributed by atoms with van der Waals surface area (Å²) >= 11 is 0. The molecule has 3 N–H and O–H groups in total. The van der Waals surface area contributed by atoms with Crippen molar-refractivity contribution in [3.63, 3.8) is 0 Å². The number of aromatic nitrogens is 1. The number of aliphatic hydroxyl groups excluding tert-OH is 1. The van der Waals surface area contributed by atoms with E-state index in [4.69, 9.17) is 0 Å². The van der Waals surface area contributed by atoms with Crippen molar-refractivity contribution < 1.29 is 14.7 Å². The highest BCUT2D eigenvalue weighted by Crippen LogP contribution is 2.17. The Hall–Kier alpha value is -2.51. The minimum absolute atomic E-state index is 0.185. The van der Waals surface area contributed by atoms with Gasteiger partial charge in [0.25, 0.3) is 5.91 Å². The highest BCUT2D eigenvalue weighted by atomic mass is 16.3. The minimum atomic E-state index is -1.43. The maximum Gasteiger partial charge on any atom is 0.338 e. The van der Waals surface area contributed by atoms with E-state index in [1.807, 2.05) is 30.3 Å². The molecule has 7 heteroatoms. The summed E-state index contributed by atoms with van der Waals surface area (Å²) in [4.78, 5) is 27.1. The normalized spacial score (nSPS) is 19.2. The first-order valence-electron chi connectivity index (χ1n) is 6.04. The molecule has 1 aromatic heterocycles.